The van der Waals surface area contributed by atoms with Crippen LogP contribution in [0, 0.1) is 0 Å². The molecule has 0 aliphatic carbocycles. The van der Waals surface area contributed by atoms with E-state index < -0.39 is 32.5 Å². The largest absolute Gasteiger partial charge is 0.472 e. The van der Waals surface area contributed by atoms with Crippen molar-refractivity contribution in [3.63, 3.8) is 0 Å². The van der Waals surface area contributed by atoms with Crippen LogP contribution in [0.1, 0.15) is 149 Å². The average Bonchev–Trinajstić information content (AvgIpc) is 3.13. The third-order valence-corrected chi connectivity index (χ3v) is 8.81. The van der Waals surface area contributed by atoms with Gasteiger partial charge in [-0.15, -0.1) is 0 Å². The molecule has 52 heavy (non-hydrogen) atoms. The van der Waals surface area contributed by atoms with E-state index in [-0.39, 0.29) is 32.6 Å². The Labute approximate surface area is 316 Å². The van der Waals surface area contributed by atoms with Crippen molar-refractivity contribution in [2.75, 3.05) is 26.4 Å². The SMILES string of the molecule is CCCCC/C=C/C/C=C/C/C=C/C/C=C/C/C=C/CCC(=O)OC[C@@H](COP(=O)(O)OCCN)OC(=O)CCCCCCC/C=C/CCCCC. The summed E-state index contributed by atoms with van der Waals surface area (Å²) in [5.41, 5.74) is 5.33. The number of nitrogens with two attached hydrogens (primary N) is 1. The molecule has 0 aliphatic rings. The van der Waals surface area contributed by atoms with Crippen LogP contribution < -0.4 is 5.73 Å². The molecule has 0 radical (unpaired) electrons. The second kappa shape index (κ2) is 38.2. The number of rotatable bonds is 36. The topological polar surface area (TPSA) is 134 Å². The number of unbranched alkanes of at least 4 members (excludes halogenated alkanes) is 11. The van der Waals surface area contributed by atoms with Crippen LogP contribution in [-0.2, 0) is 32.7 Å². The van der Waals surface area contributed by atoms with E-state index in [2.05, 4.69) is 74.6 Å². The number of phosphoric acid groups is 1. The summed E-state index contributed by atoms with van der Waals surface area (Å²) < 4.78 is 32.6. The summed E-state index contributed by atoms with van der Waals surface area (Å²) in [6.45, 7) is 3.55. The van der Waals surface area contributed by atoms with Crippen molar-refractivity contribution >= 4 is 19.8 Å². The summed E-state index contributed by atoms with van der Waals surface area (Å²) in [7, 11) is -4.39. The number of ether oxygens (including phenoxy) is 2. The first-order valence-corrected chi connectivity index (χ1v) is 21.4. The van der Waals surface area contributed by atoms with E-state index in [0.29, 0.717) is 12.8 Å². The van der Waals surface area contributed by atoms with Gasteiger partial charge in [-0.05, 0) is 77.0 Å². The number of hydrogen-bond donors (Lipinski definition) is 2. The van der Waals surface area contributed by atoms with Crippen LogP contribution in [0.15, 0.2) is 72.9 Å². The molecular formula is C42H72NO8P. The molecule has 0 saturated carbocycles. The molecule has 0 rings (SSSR count). The summed E-state index contributed by atoms with van der Waals surface area (Å²) in [4.78, 5) is 34.7. The molecule has 0 aliphatic heterocycles. The number of allylic oxidation sites excluding steroid dienone is 12. The first-order chi connectivity index (χ1) is 25.3. The summed E-state index contributed by atoms with van der Waals surface area (Å²) in [6.07, 6.45) is 45.2. The molecule has 1 unspecified atom stereocenters. The van der Waals surface area contributed by atoms with Crippen LogP contribution in [0.2, 0.25) is 0 Å². The summed E-state index contributed by atoms with van der Waals surface area (Å²) in [6, 6.07) is 0. The Morgan fingerprint density at radius 3 is 1.58 bits per heavy atom. The molecule has 0 heterocycles. The fourth-order valence-corrected chi connectivity index (χ4v) is 5.61. The molecule has 298 valence electrons. The molecule has 0 spiro atoms. The molecule has 10 heteroatoms. The number of carbonyl (C=O) groups excluding carboxylic acids is 2. The zero-order valence-electron chi connectivity index (χ0n) is 32.5. The van der Waals surface area contributed by atoms with Crippen LogP contribution in [0.5, 0.6) is 0 Å². The highest BCUT2D eigenvalue weighted by Gasteiger charge is 2.25. The molecule has 0 aromatic carbocycles. The van der Waals surface area contributed by atoms with Crippen LogP contribution in [0.3, 0.4) is 0 Å². The van der Waals surface area contributed by atoms with Crippen LogP contribution in [-0.4, -0.2) is 49.3 Å². The first kappa shape index (κ1) is 49.5. The Balaban J connectivity index is 4.34. The average molecular weight is 750 g/mol. The quantitative estimate of drug-likeness (QED) is 0.0278. The lowest BCUT2D eigenvalue weighted by molar-refractivity contribution is -0.161. The number of phosphoric ester groups is 1. The molecule has 2 atom stereocenters. The third kappa shape index (κ3) is 37.2. The number of esters is 2. The van der Waals surface area contributed by atoms with Gasteiger partial charge in [0, 0.05) is 19.4 Å². The molecule has 3 N–H and O–H groups in total. The summed E-state index contributed by atoms with van der Waals surface area (Å²) >= 11 is 0. The Morgan fingerprint density at radius 2 is 1.04 bits per heavy atom. The minimum absolute atomic E-state index is 0.0394. The van der Waals surface area contributed by atoms with Gasteiger partial charge in [-0.3, -0.25) is 18.6 Å². The highest BCUT2D eigenvalue weighted by molar-refractivity contribution is 7.47. The van der Waals surface area contributed by atoms with Crippen molar-refractivity contribution in [2.45, 2.75) is 155 Å². The van der Waals surface area contributed by atoms with E-state index in [1.165, 1.54) is 44.9 Å². The number of hydrogen-bond acceptors (Lipinski definition) is 8. The lowest BCUT2D eigenvalue weighted by Crippen LogP contribution is -2.29. The van der Waals surface area contributed by atoms with Crippen molar-refractivity contribution in [1.82, 2.24) is 0 Å². The maximum Gasteiger partial charge on any atom is 0.472 e. The predicted molar refractivity (Wildman–Crippen MR) is 215 cm³/mol. The Hall–Kier alpha value is -2.55. The van der Waals surface area contributed by atoms with Gasteiger partial charge in [-0.1, -0.05) is 132 Å². The second-order valence-corrected chi connectivity index (χ2v) is 14.2. The van der Waals surface area contributed by atoms with Crippen LogP contribution in [0.25, 0.3) is 0 Å². The fraction of sp³-hybridized carbons (Fsp3) is 0.667. The molecule has 0 fully saturated rings. The van der Waals surface area contributed by atoms with Gasteiger partial charge in [-0.2, -0.15) is 0 Å². The molecule has 0 aromatic rings. The molecule has 0 saturated heterocycles. The minimum Gasteiger partial charge on any atom is -0.462 e. The highest BCUT2D eigenvalue weighted by atomic mass is 31.2. The van der Waals surface area contributed by atoms with E-state index in [1.54, 1.807) is 0 Å². The Morgan fingerprint density at radius 1 is 0.577 bits per heavy atom. The second-order valence-electron chi connectivity index (χ2n) is 12.8. The van der Waals surface area contributed by atoms with E-state index in [4.69, 9.17) is 24.3 Å². The smallest absolute Gasteiger partial charge is 0.462 e. The first-order valence-electron chi connectivity index (χ1n) is 19.9. The van der Waals surface area contributed by atoms with Gasteiger partial charge in [-0.25, -0.2) is 4.57 Å². The molecular weight excluding hydrogens is 677 g/mol. The summed E-state index contributed by atoms with van der Waals surface area (Å²) in [5, 5.41) is 0. The van der Waals surface area contributed by atoms with Crippen molar-refractivity contribution < 1.29 is 37.6 Å². The van der Waals surface area contributed by atoms with Crippen molar-refractivity contribution in [2.24, 2.45) is 5.73 Å². The lowest BCUT2D eigenvalue weighted by atomic mass is 10.1. The number of carbonyl (C=O) groups is 2. The monoisotopic (exact) mass is 749 g/mol. The van der Waals surface area contributed by atoms with Crippen LogP contribution >= 0.6 is 7.82 Å². The maximum absolute atomic E-state index is 12.5. The van der Waals surface area contributed by atoms with Crippen molar-refractivity contribution in [3.05, 3.63) is 72.9 Å². The Kier molecular flexibility index (Phi) is 36.3. The molecule has 0 amide bonds. The van der Waals surface area contributed by atoms with Gasteiger partial charge in [0.2, 0.25) is 0 Å². The van der Waals surface area contributed by atoms with Crippen LogP contribution in [0.4, 0.5) is 0 Å². The molecule has 0 aromatic heterocycles. The third-order valence-electron chi connectivity index (χ3n) is 7.83. The zero-order valence-corrected chi connectivity index (χ0v) is 33.4. The van der Waals surface area contributed by atoms with E-state index in [9.17, 15) is 19.0 Å². The standard InChI is InChI=1S/C42H72NO8P/c1-3-5-7-9-11-13-15-17-18-19-20-21-22-23-25-26-28-30-32-34-41(44)48-38-40(39-50-52(46,47)49-37-36-43)51-42(45)35-33-31-29-27-24-16-14-12-10-8-6-4-2/h11-14,17-18,20-21,23,25,28,30,40H,3-10,15-16,19,22,24,26-27,29,31-39,43H2,1-2H3,(H,46,47)/b13-11+,14-12+,18-17+,21-20+,25-23+,30-28+/t40-/m0/s1. The van der Waals surface area contributed by atoms with Gasteiger partial charge in [0.25, 0.3) is 0 Å². The Bertz CT molecular complexity index is 1080. The van der Waals surface area contributed by atoms with E-state index in [1.807, 2.05) is 12.2 Å². The maximum atomic E-state index is 12.5. The minimum atomic E-state index is -4.39. The fourth-order valence-electron chi connectivity index (χ4n) is 4.84. The van der Waals surface area contributed by atoms with Gasteiger partial charge in [0.15, 0.2) is 6.10 Å². The van der Waals surface area contributed by atoms with Gasteiger partial charge < -0.3 is 20.1 Å². The van der Waals surface area contributed by atoms with E-state index in [0.717, 1.165) is 64.2 Å². The van der Waals surface area contributed by atoms with Gasteiger partial charge in [0.05, 0.1) is 13.2 Å². The molecule has 0 bridgehead atoms. The zero-order chi connectivity index (χ0) is 38.2. The van der Waals surface area contributed by atoms with Crippen molar-refractivity contribution in [3.8, 4) is 0 Å². The normalized spacial score (nSPS) is 14.2. The predicted octanol–water partition coefficient (Wildman–Crippen LogP) is 11.1. The summed E-state index contributed by atoms with van der Waals surface area (Å²) in [5.74, 6) is -0.944. The van der Waals surface area contributed by atoms with Gasteiger partial charge >= 0.3 is 19.8 Å². The highest BCUT2D eigenvalue weighted by Crippen LogP contribution is 2.43. The van der Waals surface area contributed by atoms with Crippen molar-refractivity contribution in [1.29, 1.82) is 0 Å². The van der Waals surface area contributed by atoms with E-state index >= 15 is 0 Å². The lowest BCUT2D eigenvalue weighted by Gasteiger charge is -2.19. The molecule has 9 nitrogen and oxygen atoms in total. The van der Waals surface area contributed by atoms with Gasteiger partial charge in [0.1, 0.15) is 6.61 Å².